The Morgan fingerprint density at radius 3 is 2.23 bits per heavy atom. The number of benzodiazepines with no additional fused rings is 1. The van der Waals surface area contributed by atoms with E-state index in [1.807, 2.05) is 0 Å². The Kier molecular flexibility index (Phi) is 9.73. The van der Waals surface area contributed by atoms with E-state index in [9.17, 15) is 40.7 Å². The molecule has 2 aromatic rings. The molecule has 2 aromatic carbocycles. The van der Waals surface area contributed by atoms with Crippen molar-refractivity contribution < 1.29 is 40.7 Å². The molecule has 4 rings (SSSR count). The summed E-state index contributed by atoms with van der Waals surface area (Å²) in [5.74, 6) is -8.68. The first-order valence-corrected chi connectivity index (χ1v) is 14.0. The molecule has 0 saturated heterocycles. The van der Waals surface area contributed by atoms with Crippen molar-refractivity contribution in [3.63, 3.8) is 0 Å². The number of carbonyl (C=O) groups is 3. The number of halogens is 7. The second-order valence-corrected chi connectivity index (χ2v) is 11.2. The van der Waals surface area contributed by atoms with Crippen molar-refractivity contribution in [1.29, 1.82) is 0 Å². The second-order valence-electron chi connectivity index (χ2n) is 10.7. The molecule has 3 amide bonds. The smallest absolute Gasteiger partial charge is 0.369 e. The highest BCUT2D eigenvalue weighted by Gasteiger charge is 2.47. The maximum atomic E-state index is 13.6. The molecule has 43 heavy (non-hydrogen) atoms. The van der Waals surface area contributed by atoms with Crippen LogP contribution in [0.3, 0.4) is 0 Å². The summed E-state index contributed by atoms with van der Waals surface area (Å²) in [7, 11) is 0. The van der Waals surface area contributed by atoms with Gasteiger partial charge in [0.15, 0.2) is 0 Å². The number of benzene rings is 2. The SMILES string of the molecule is NC(=O)C(C1CCC(C(F)(F)F)CC1)C(CCC(F)(F)F)C(=O)NC1N=C(c2ccccc2)c2cccc(Cl)c2NC1=O. The fraction of sp³-hybridized carbons (Fsp3) is 0.448. The summed E-state index contributed by atoms with van der Waals surface area (Å²) >= 11 is 6.34. The van der Waals surface area contributed by atoms with Crippen molar-refractivity contribution in [1.82, 2.24) is 5.32 Å². The molecule has 3 unspecified atom stereocenters. The van der Waals surface area contributed by atoms with E-state index >= 15 is 0 Å². The Morgan fingerprint density at radius 1 is 1.00 bits per heavy atom. The number of primary amides is 1. The standard InChI is InChI=1S/C29H29ClF6N4O3/c30-20-8-4-7-19-22(16-5-2-1-3-6-16)38-25(27(43)39-23(19)20)40-26(42)18(13-14-28(31,32)33)21(24(37)41)15-9-11-17(12-10-15)29(34,35)36/h1-8,15,17-18,21,25H,9-14H2,(H2,37,41)(H,39,43)(H,40,42). The second kappa shape index (κ2) is 12.9. The number of rotatable bonds is 8. The third-order valence-corrected chi connectivity index (χ3v) is 8.24. The molecule has 3 atom stereocenters. The number of fused-ring (bicyclic) bond motifs is 1. The van der Waals surface area contributed by atoms with Gasteiger partial charge in [-0.1, -0.05) is 54.1 Å². The number of hydrogen-bond donors (Lipinski definition) is 3. The van der Waals surface area contributed by atoms with Crippen LogP contribution in [0, 0.1) is 23.7 Å². The summed E-state index contributed by atoms with van der Waals surface area (Å²) in [5.41, 5.74) is 7.01. The van der Waals surface area contributed by atoms with Crippen LogP contribution in [0.1, 0.15) is 49.7 Å². The summed E-state index contributed by atoms with van der Waals surface area (Å²) in [6.45, 7) is 0. The van der Waals surface area contributed by atoms with Gasteiger partial charge in [-0.2, -0.15) is 26.3 Å². The first kappa shape index (κ1) is 32.3. The zero-order valence-electron chi connectivity index (χ0n) is 22.6. The zero-order valence-corrected chi connectivity index (χ0v) is 23.4. The first-order valence-electron chi connectivity index (χ1n) is 13.6. The Hall–Kier alpha value is -3.61. The lowest BCUT2D eigenvalue weighted by Crippen LogP contribution is -2.50. The quantitative estimate of drug-likeness (QED) is 0.311. The first-order chi connectivity index (χ1) is 20.2. The van der Waals surface area contributed by atoms with Crippen LogP contribution in [-0.2, 0) is 14.4 Å². The summed E-state index contributed by atoms with van der Waals surface area (Å²) in [6.07, 6.45) is -14.1. The van der Waals surface area contributed by atoms with Gasteiger partial charge in [0.25, 0.3) is 5.91 Å². The molecular weight excluding hydrogens is 602 g/mol. The van der Waals surface area contributed by atoms with E-state index in [0.29, 0.717) is 11.1 Å². The third-order valence-electron chi connectivity index (χ3n) is 7.93. The van der Waals surface area contributed by atoms with Crippen LogP contribution in [0.5, 0.6) is 0 Å². The number of amides is 3. The van der Waals surface area contributed by atoms with E-state index < -0.39 is 72.8 Å². The molecule has 4 N–H and O–H groups in total. The van der Waals surface area contributed by atoms with Crippen molar-refractivity contribution in [3.05, 3.63) is 64.7 Å². The predicted octanol–water partition coefficient (Wildman–Crippen LogP) is 6.00. The van der Waals surface area contributed by atoms with E-state index in [2.05, 4.69) is 15.6 Å². The number of nitrogens with one attached hydrogen (secondary N) is 2. The molecule has 14 heteroatoms. The third kappa shape index (κ3) is 7.87. The van der Waals surface area contributed by atoms with Gasteiger partial charge < -0.3 is 16.4 Å². The van der Waals surface area contributed by atoms with Crippen molar-refractivity contribution in [3.8, 4) is 0 Å². The predicted molar refractivity (Wildman–Crippen MR) is 147 cm³/mol. The molecule has 2 aliphatic rings. The van der Waals surface area contributed by atoms with Crippen LogP contribution < -0.4 is 16.4 Å². The molecule has 0 bridgehead atoms. The number of aliphatic imine (C=N–C) groups is 1. The fourth-order valence-electron chi connectivity index (χ4n) is 5.82. The molecule has 232 valence electrons. The average Bonchev–Trinajstić information content (AvgIpc) is 3.07. The van der Waals surface area contributed by atoms with Crippen LogP contribution >= 0.6 is 11.6 Å². The Balaban J connectivity index is 1.67. The number of carbonyl (C=O) groups excluding carboxylic acids is 3. The minimum Gasteiger partial charge on any atom is -0.369 e. The van der Waals surface area contributed by atoms with Gasteiger partial charge in [0.1, 0.15) is 0 Å². The van der Waals surface area contributed by atoms with Crippen molar-refractivity contribution >= 4 is 40.7 Å². The van der Waals surface area contributed by atoms with Gasteiger partial charge in [0, 0.05) is 17.5 Å². The van der Waals surface area contributed by atoms with E-state index in [1.54, 1.807) is 42.5 Å². The summed E-state index contributed by atoms with van der Waals surface area (Å²) in [6, 6.07) is 13.4. The molecule has 1 saturated carbocycles. The van der Waals surface area contributed by atoms with E-state index in [-0.39, 0.29) is 42.1 Å². The lowest BCUT2D eigenvalue weighted by atomic mass is 9.69. The number of nitrogens with zero attached hydrogens (tertiary/aromatic N) is 1. The van der Waals surface area contributed by atoms with Gasteiger partial charge in [-0.15, -0.1) is 0 Å². The monoisotopic (exact) mass is 630 g/mol. The summed E-state index contributed by atoms with van der Waals surface area (Å²) < 4.78 is 79.6. The topological polar surface area (TPSA) is 114 Å². The Morgan fingerprint density at radius 2 is 1.65 bits per heavy atom. The zero-order chi connectivity index (χ0) is 31.5. The molecule has 0 radical (unpaired) electrons. The van der Waals surface area contributed by atoms with Gasteiger partial charge in [0.2, 0.25) is 18.0 Å². The van der Waals surface area contributed by atoms with E-state index in [1.165, 1.54) is 6.07 Å². The maximum Gasteiger partial charge on any atom is 0.391 e. The molecule has 1 heterocycles. The van der Waals surface area contributed by atoms with E-state index in [4.69, 9.17) is 17.3 Å². The highest BCUT2D eigenvalue weighted by atomic mass is 35.5. The molecule has 0 spiro atoms. The van der Waals surface area contributed by atoms with Crippen LogP contribution in [-0.4, -0.2) is 42.0 Å². The molecule has 7 nitrogen and oxygen atoms in total. The highest BCUT2D eigenvalue weighted by molar-refractivity contribution is 6.36. The van der Waals surface area contributed by atoms with E-state index in [0.717, 1.165) is 0 Å². The number of anilines is 1. The van der Waals surface area contributed by atoms with Crippen molar-refractivity contribution in [2.75, 3.05) is 5.32 Å². The molecule has 1 aliphatic heterocycles. The Labute approximate surface area is 248 Å². The van der Waals surface area contributed by atoms with Gasteiger partial charge in [0.05, 0.1) is 34.2 Å². The van der Waals surface area contributed by atoms with Crippen LogP contribution in [0.4, 0.5) is 32.0 Å². The normalized spacial score (nSPS) is 22.3. The van der Waals surface area contributed by atoms with Crippen molar-refractivity contribution in [2.24, 2.45) is 34.4 Å². The Bertz CT molecular complexity index is 1370. The lowest BCUT2D eigenvalue weighted by Gasteiger charge is -2.36. The van der Waals surface area contributed by atoms with Gasteiger partial charge in [-0.25, -0.2) is 4.99 Å². The van der Waals surface area contributed by atoms with Crippen LogP contribution in [0.2, 0.25) is 5.02 Å². The summed E-state index contributed by atoms with van der Waals surface area (Å²) in [4.78, 5) is 43.9. The minimum absolute atomic E-state index is 0.151. The van der Waals surface area contributed by atoms with Gasteiger partial charge >= 0.3 is 12.4 Å². The summed E-state index contributed by atoms with van der Waals surface area (Å²) in [5, 5.41) is 5.14. The molecular formula is C29H29ClF6N4O3. The molecule has 0 aromatic heterocycles. The van der Waals surface area contributed by atoms with Gasteiger partial charge in [-0.05, 0) is 44.1 Å². The number of alkyl halides is 6. The molecule has 1 aliphatic carbocycles. The highest BCUT2D eigenvalue weighted by Crippen LogP contribution is 2.44. The lowest BCUT2D eigenvalue weighted by molar-refractivity contribution is -0.185. The van der Waals surface area contributed by atoms with Crippen molar-refractivity contribution in [2.45, 2.75) is 57.0 Å². The minimum atomic E-state index is -4.70. The van der Waals surface area contributed by atoms with Crippen LogP contribution in [0.25, 0.3) is 0 Å². The molecule has 1 fully saturated rings. The average molecular weight is 631 g/mol. The number of para-hydroxylation sites is 1. The van der Waals surface area contributed by atoms with Gasteiger partial charge in [-0.3, -0.25) is 14.4 Å². The van der Waals surface area contributed by atoms with Crippen LogP contribution in [0.15, 0.2) is 53.5 Å². The number of nitrogens with two attached hydrogens (primary N) is 1. The number of hydrogen-bond acceptors (Lipinski definition) is 4. The fourth-order valence-corrected chi connectivity index (χ4v) is 6.04. The maximum absolute atomic E-state index is 13.6. The largest absolute Gasteiger partial charge is 0.391 e.